The van der Waals surface area contributed by atoms with Crippen molar-refractivity contribution in [3.8, 4) is 0 Å². The first-order valence-corrected chi connectivity index (χ1v) is 6.98. The molecular weight excluding hydrogens is 258 g/mol. The number of fused-ring (bicyclic) bond motifs is 1. The van der Waals surface area contributed by atoms with E-state index in [9.17, 15) is 0 Å². The third-order valence-electron chi connectivity index (χ3n) is 3.14. The minimum absolute atomic E-state index is 0.0765. The highest BCUT2D eigenvalue weighted by molar-refractivity contribution is 7.19. The maximum atomic E-state index is 5.73. The van der Waals surface area contributed by atoms with Gasteiger partial charge < -0.3 is 0 Å². The van der Waals surface area contributed by atoms with Crippen LogP contribution in [0, 0.1) is 0 Å². The number of benzene rings is 1. The lowest BCUT2D eigenvalue weighted by molar-refractivity contribution is 0.540. The van der Waals surface area contributed by atoms with Crippen LogP contribution >= 0.6 is 11.3 Å². The first kappa shape index (κ1) is 12.3. The molecule has 0 radical (unpaired) electrons. The fraction of sp³-hybridized carbons (Fsp3) is 0.231. The van der Waals surface area contributed by atoms with E-state index >= 15 is 0 Å². The van der Waals surface area contributed by atoms with Crippen LogP contribution in [0.4, 0.5) is 0 Å². The summed E-state index contributed by atoms with van der Waals surface area (Å²) in [7, 11) is 0. The standard InChI is InChI=1S/C13H15N5S/c1-2-18-10(8-15-17-18)13(16-14)12-7-9-5-3-4-6-11(9)19-12/h3-8,13,16H,2,14H2,1H3. The van der Waals surface area contributed by atoms with Crippen LogP contribution in [0.2, 0.25) is 0 Å². The highest BCUT2D eigenvalue weighted by Gasteiger charge is 2.19. The molecule has 19 heavy (non-hydrogen) atoms. The van der Waals surface area contributed by atoms with Crippen molar-refractivity contribution in [2.24, 2.45) is 5.84 Å². The van der Waals surface area contributed by atoms with Gasteiger partial charge in [-0.25, -0.2) is 10.1 Å². The van der Waals surface area contributed by atoms with Crippen molar-refractivity contribution in [1.82, 2.24) is 20.4 Å². The van der Waals surface area contributed by atoms with Gasteiger partial charge in [-0.15, -0.1) is 16.4 Å². The van der Waals surface area contributed by atoms with Crippen molar-refractivity contribution in [1.29, 1.82) is 0 Å². The van der Waals surface area contributed by atoms with Gasteiger partial charge in [-0.3, -0.25) is 5.84 Å². The molecule has 0 saturated heterocycles. The zero-order chi connectivity index (χ0) is 13.2. The predicted molar refractivity (Wildman–Crippen MR) is 76.7 cm³/mol. The molecule has 3 rings (SSSR count). The third-order valence-corrected chi connectivity index (χ3v) is 4.32. The maximum Gasteiger partial charge on any atom is 0.0986 e. The third kappa shape index (κ3) is 2.14. The van der Waals surface area contributed by atoms with Crippen molar-refractivity contribution in [2.45, 2.75) is 19.5 Å². The van der Waals surface area contributed by atoms with Gasteiger partial charge in [-0.1, -0.05) is 23.4 Å². The van der Waals surface area contributed by atoms with Gasteiger partial charge in [0.05, 0.1) is 17.9 Å². The lowest BCUT2D eigenvalue weighted by Crippen LogP contribution is -2.30. The fourth-order valence-electron chi connectivity index (χ4n) is 2.19. The van der Waals surface area contributed by atoms with Crippen LogP contribution in [0.25, 0.3) is 10.1 Å². The average molecular weight is 273 g/mol. The number of hydrogen-bond acceptors (Lipinski definition) is 5. The fourth-order valence-corrected chi connectivity index (χ4v) is 3.33. The number of nitrogens with zero attached hydrogens (tertiary/aromatic N) is 3. The Labute approximate surface area is 115 Å². The predicted octanol–water partition coefficient (Wildman–Crippen LogP) is 2.07. The zero-order valence-corrected chi connectivity index (χ0v) is 11.4. The number of hydrogen-bond donors (Lipinski definition) is 2. The Morgan fingerprint density at radius 1 is 1.42 bits per heavy atom. The SMILES string of the molecule is CCn1nncc1C(NN)c1cc2ccccc2s1. The second kappa shape index (κ2) is 5.08. The molecule has 3 aromatic rings. The quantitative estimate of drug-likeness (QED) is 0.564. The molecule has 0 aliphatic heterocycles. The molecule has 0 fully saturated rings. The minimum Gasteiger partial charge on any atom is -0.270 e. The Hall–Kier alpha value is -1.76. The average Bonchev–Trinajstić information content (AvgIpc) is 3.05. The monoisotopic (exact) mass is 273 g/mol. The summed E-state index contributed by atoms with van der Waals surface area (Å²) in [5.41, 5.74) is 3.85. The highest BCUT2D eigenvalue weighted by Crippen LogP contribution is 2.32. The number of rotatable bonds is 4. The van der Waals surface area contributed by atoms with E-state index in [0.29, 0.717) is 0 Å². The summed E-state index contributed by atoms with van der Waals surface area (Å²) in [5.74, 6) is 5.73. The van der Waals surface area contributed by atoms with Gasteiger partial charge in [0.15, 0.2) is 0 Å². The molecule has 0 aliphatic rings. The van der Waals surface area contributed by atoms with Crippen LogP contribution in [0.3, 0.4) is 0 Å². The number of thiophene rings is 1. The Kier molecular flexibility index (Phi) is 3.29. The molecule has 0 bridgehead atoms. The molecule has 2 heterocycles. The number of nitrogens with one attached hydrogen (secondary N) is 1. The summed E-state index contributed by atoms with van der Waals surface area (Å²) in [6.45, 7) is 2.81. The molecular formula is C13H15N5S. The summed E-state index contributed by atoms with van der Waals surface area (Å²) in [6.07, 6.45) is 1.76. The summed E-state index contributed by atoms with van der Waals surface area (Å²) >= 11 is 1.74. The summed E-state index contributed by atoms with van der Waals surface area (Å²) in [5, 5.41) is 9.26. The topological polar surface area (TPSA) is 68.8 Å². The van der Waals surface area contributed by atoms with Crippen molar-refractivity contribution in [2.75, 3.05) is 0 Å². The number of aromatic nitrogens is 3. The molecule has 0 spiro atoms. The Morgan fingerprint density at radius 3 is 3.00 bits per heavy atom. The zero-order valence-electron chi connectivity index (χ0n) is 10.6. The molecule has 98 valence electrons. The van der Waals surface area contributed by atoms with Crippen LogP contribution in [-0.2, 0) is 6.54 Å². The van der Waals surface area contributed by atoms with Gasteiger partial charge in [0.25, 0.3) is 0 Å². The summed E-state index contributed by atoms with van der Waals surface area (Å²) < 4.78 is 3.11. The normalized spacial score (nSPS) is 12.9. The summed E-state index contributed by atoms with van der Waals surface area (Å²) in [6, 6.07) is 10.4. The van der Waals surface area contributed by atoms with E-state index in [1.807, 2.05) is 23.7 Å². The number of nitrogens with two attached hydrogens (primary N) is 1. The van der Waals surface area contributed by atoms with Crippen LogP contribution in [0.1, 0.15) is 23.5 Å². The lowest BCUT2D eigenvalue weighted by Gasteiger charge is -2.14. The van der Waals surface area contributed by atoms with Crippen molar-refractivity contribution < 1.29 is 0 Å². The van der Waals surface area contributed by atoms with Gasteiger partial charge in [-0.05, 0) is 24.4 Å². The second-order valence-electron chi connectivity index (χ2n) is 4.26. The van der Waals surface area contributed by atoms with E-state index < -0.39 is 0 Å². The molecule has 0 amide bonds. The summed E-state index contributed by atoms with van der Waals surface area (Å²) in [4.78, 5) is 1.17. The first-order chi connectivity index (χ1) is 9.33. The van der Waals surface area contributed by atoms with E-state index in [-0.39, 0.29) is 6.04 Å². The maximum absolute atomic E-state index is 5.73. The number of hydrazine groups is 1. The van der Waals surface area contributed by atoms with Crippen molar-refractivity contribution in [3.05, 3.63) is 47.1 Å². The van der Waals surface area contributed by atoms with E-state index in [2.05, 4.69) is 33.9 Å². The smallest absolute Gasteiger partial charge is 0.0986 e. The van der Waals surface area contributed by atoms with Crippen LogP contribution in [-0.4, -0.2) is 15.0 Å². The molecule has 1 atom stereocenters. The van der Waals surface area contributed by atoms with Crippen molar-refractivity contribution in [3.63, 3.8) is 0 Å². The molecule has 1 aromatic carbocycles. The Morgan fingerprint density at radius 2 is 2.26 bits per heavy atom. The van der Waals surface area contributed by atoms with Crippen molar-refractivity contribution >= 4 is 21.4 Å². The molecule has 1 unspecified atom stereocenters. The van der Waals surface area contributed by atoms with E-state index in [1.54, 1.807) is 17.5 Å². The Bertz CT molecular complexity index is 654. The molecule has 0 aliphatic carbocycles. The van der Waals surface area contributed by atoms with Crippen LogP contribution < -0.4 is 11.3 Å². The van der Waals surface area contributed by atoms with Crippen LogP contribution in [0.15, 0.2) is 36.5 Å². The molecule has 0 saturated carbocycles. The molecule has 3 N–H and O–H groups in total. The van der Waals surface area contributed by atoms with Gasteiger partial charge in [0.2, 0.25) is 0 Å². The van der Waals surface area contributed by atoms with Crippen LogP contribution in [0.5, 0.6) is 0 Å². The Balaban J connectivity index is 2.06. The first-order valence-electron chi connectivity index (χ1n) is 6.16. The second-order valence-corrected chi connectivity index (χ2v) is 5.38. The lowest BCUT2D eigenvalue weighted by atomic mass is 10.1. The molecule has 5 nitrogen and oxygen atoms in total. The van der Waals surface area contributed by atoms with Gasteiger partial charge in [0, 0.05) is 16.1 Å². The highest BCUT2D eigenvalue weighted by atomic mass is 32.1. The number of aryl methyl sites for hydroxylation is 1. The largest absolute Gasteiger partial charge is 0.270 e. The molecule has 6 heteroatoms. The van der Waals surface area contributed by atoms with E-state index in [4.69, 9.17) is 5.84 Å². The van der Waals surface area contributed by atoms with Gasteiger partial charge in [0.1, 0.15) is 0 Å². The van der Waals surface area contributed by atoms with E-state index in [1.165, 1.54) is 15.0 Å². The molecule has 2 aromatic heterocycles. The minimum atomic E-state index is -0.0765. The van der Waals surface area contributed by atoms with Gasteiger partial charge in [-0.2, -0.15) is 0 Å². The van der Waals surface area contributed by atoms with E-state index in [0.717, 1.165) is 12.2 Å². The van der Waals surface area contributed by atoms with Gasteiger partial charge >= 0.3 is 0 Å².